The molecular formula is C14H17ClN2S. The lowest BCUT2D eigenvalue weighted by atomic mass is 10.2. The third kappa shape index (κ3) is 4.09. The van der Waals surface area contributed by atoms with Gasteiger partial charge in [-0.25, -0.2) is 4.98 Å². The van der Waals surface area contributed by atoms with Crippen LogP contribution in [0.4, 0.5) is 0 Å². The maximum absolute atomic E-state index is 5.97. The van der Waals surface area contributed by atoms with Crippen LogP contribution in [0.2, 0.25) is 5.02 Å². The monoisotopic (exact) mass is 280 g/mol. The van der Waals surface area contributed by atoms with Crippen LogP contribution < -0.4 is 5.32 Å². The number of halogens is 1. The van der Waals surface area contributed by atoms with Crippen molar-refractivity contribution < 1.29 is 0 Å². The first-order chi connectivity index (χ1) is 8.78. The van der Waals surface area contributed by atoms with Crippen LogP contribution in [0, 0.1) is 0 Å². The molecule has 0 saturated heterocycles. The molecule has 1 aromatic heterocycles. The fourth-order valence-electron chi connectivity index (χ4n) is 1.73. The first-order valence-corrected chi connectivity index (χ1v) is 7.42. The molecule has 0 atom stereocenters. The lowest BCUT2D eigenvalue weighted by Gasteiger charge is -1.99. The Morgan fingerprint density at radius 2 is 2.28 bits per heavy atom. The minimum absolute atomic E-state index is 0.786. The lowest BCUT2D eigenvalue weighted by molar-refractivity contribution is 0.665. The van der Waals surface area contributed by atoms with E-state index in [1.807, 2.05) is 18.2 Å². The van der Waals surface area contributed by atoms with Gasteiger partial charge in [0.15, 0.2) is 0 Å². The molecule has 4 heteroatoms. The average Bonchev–Trinajstić information content (AvgIpc) is 2.77. The van der Waals surface area contributed by atoms with Crippen molar-refractivity contribution in [1.82, 2.24) is 10.3 Å². The van der Waals surface area contributed by atoms with Gasteiger partial charge in [-0.15, -0.1) is 11.3 Å². The van der Waals surface area contributed by atoms with Gasteiger partial charge < -0.3 is 5.32 Å². The zero-order valence-electron chi connectivity index (χ0n) is 10.4. The highest BCUT2D eigenvalue weighted by Gasteiger charge is 2.03. The van der Waals surface area contributed by atoms with E-state index in [1.165, 1.54) is 5.56 Å². The second kappa shape index (κ2) is 6.88. The molecule has 0 fully saturated rings. The molecule has 96 valence electrons. The Morgan fingerprint density at radius 3 is 3.06 bits per heavy atom. The largest absolute Gasteiger partial charge is 0.311 e. The molecule has 2 aromatic rings. The number of hydrogen-bond donors (Lipinski definition) is 1. The molecule has 0 amide bonds. The molecule has 18 heavy (non-hydrogen) atoms. The van der Waals surface area contributed by atoms with E-state index < -0.39 is 0 Å². The van der Waals surface area contributed by atoms with Gasteiger partial charge in [0.2, 0.25) is 0 Å². The van der Waals surface area contributed by atoms with E-state index in [2.05, 4.69) is 28.7 Å². The number of benzene rings is 1. The number of rotatable bonds is 6. The summed E-state index contributed by atoms with van der Waals surface area (Å²) in [6.45, 7) is 4.07. The molecule has 1 aromatic carbocycles. The minimum Gasteiger partial charge on any atom is -0.311 e. The van der Waals surface area contributed by atoms with Crippen LogP contribution >= 0.6 is 22.9 Å². The van der Waals surface area contributed by atoms with Crippen LogP contribution in [0.15, 0.2) is 29.6 Å². The number of aromatic nitrogens is 1. The molecule has 1 heterocycles. The molecule has 0 aliphatic rings. The van der Waals surface area contributed by atoms with Crippen LogP contribution in [-0.4, -0.2) is 11.5 Å². The van der Waals surface area contributed by atoms with E-state index in [0.717, 1.165) is 41.7 Å². The van der Waals surface area contributed by atoms with Crippen LogP contribution in [0.1, 0.15) is 29.6 Å². The number of nitrogens with zero attached hydrogens (tertiary/aromatic N) is 1. The number of thiazole rings is 1. The van der Waals surface area contributed by atoms with Gasteiger partial charge in [0.05, 0.1) is 10.7 Å². The molecule has 1 N–H and O–H groups in total. The van der Waals surface area contributed by atoms with E-state index in [-0.39, 0.29) is 0 Å². The van der Waals surface area contributed by atoms with Gasteiger partial charge in [-0.1, -0.05) is 30.7 Å². The van der Waals surface area contributed by atoms with Crippen molar-refractivity contribution in [1.29, 1.82) is 0 Å². The fraction of sp³-hybridized carbons (Fsp3) is 0.357. The van der Waals surface area contributed by atoms with Crippen LogP contribution in [0.3, 0.4) is 0 Å². The molecule has 0 radical (unpaired) electrons. The Kier molecular flexibility index (Phi) is 5.17. The summed E-state index contributed by atoms with van der Waals surface area (Å²) in [4.78, 5) is 4.62. The summed E-state index contributed by atoms with van der Waals surface area (Å²) in [6, 6.07) is 7.96. The summed E-state index contributed by atoms with van der Waals surface area (Å²) in [7, 11) is 0. The van der Waals surface area contributed by atoms with Crippen molar-refractivity contribution >= 4 is 22.9 Å². The lowest BCUT2D eigenvalue weighted by Crippen LogP contribution is -2.13. The number of hydrogen-bond acceptors (Lipinski definition) is 3. The zero-order chi connectivity index (χ0) is 12.8. The fourth-order valence-corrected chi connectivity index (χ4v) is 2.77. The second-order valence-corrected chi connectivity index (χ2v) is 5.60. The van der Waals surface area contributed by atoms with Crippen molar-refractivity contribution in [3.05, 3.63) is 50.9 Å². The molecule has 0 saturated carbocycles. The average molecular weight is 281 g/mol. The number of nitrogens with one attached hydrogen (secondary N) is 1. The van der Waals surface area contributed by atoms with Gasteiger partial charge in [0.25, 0.3) is 0 Å². The van der Waals surface area contributed by atoms with E-state index in [4.69, 9.17) is 11.6 Å². The third-order valence-corrected chi connectivity index (χ3v) is 3.71. The van der Waals surface area contributed by atoms with Gasteiger partial charge in [-0.2, -0.15) is 0 Å². The van der Waals surface area contributed by atoms with Crippen molar-refractivity contribution in [2.24, 2.45) is 0 Å². The molecule has 0 aliphatic carbocycles. The van der Waals surface area contributed by atoms with Gasteiger partial charge in [-0.3, -0.25) is 0 Å². The van der Waals surface area contributed by atoms with Crippen molar-refractivity contribution in [3.8, 4) is 0 Å². The third-order valence-electron chi connectivity index (χ3n) is 2.58. The van der Waals surface area contributed by atoms with E-state index in [1.54, 1.807) is 11.3 Å². The zero-order valence-corrected chi connectivity index (χ0v) is 12.0. The summed E-state index contributed by atoms with van der Waals surface area (Å²) in [5.74, 6) is 0. The summed E-state index contributed by atoms with van der Waals surface area (Å²) < 4.78 is 0. The molecule has 2 nitrogen and oxygen atoms in total. The summed E-state index contributed by atoms with van der Waals surface area (Å²) in [5.41, 5.74) is 2.34. The molecule has 0 aliphatic heterocycles. The highest BCUT2D eigenvalue weighted by atomic mass is 35.5. The van der Waals surface area contributed by atoms with E-state index in [0.29, 0.717) is 0 Å². The molecule has 0 spiro atoms. The normalized spacial score (nSPS) is 10.8. The highest BCUT2D eigenvalue weighted by Crippen LogP contribution is 2.17. The van der Waals surface area contributed by atoms with Crippen LogP contribution in [-0.2, 0) is 13.0 Å². The summed E-state index contributed by atoms with van der Waals surface area (Å²) in [5, 5.41) is 7.42. The summed E-state index contributed by atoms with van der Waals surface area (Å²) in [6.07, 6.45) is 2.01. The first-order valence-electron chi connectivity index (χ1n) is 6.16. The smallest absolute Gasteiger partial charge is 0.0972 e. The summed E-state index contributed by atoms with van der Waals surface area (Å²) >= 11 is 7.69. The van der Waals surface area contributed by atoms with Gasteiger partial charge in [0.1, 0.15) is 0 Å². The van der Waals surface area contributed by atoms with Crippen LogP contribution in [0.5, 0.6) is 0 Å². The van der Waals surface area contributed by atoms with E-state index >= 15 is 0 Å². The van der Waals surface area contributed by atoms with Gasteiger partial charge in [-0.05, 0) is 30.7 Å². The van der Waals surface area contributed by atoms with Gasteiger partial charge >= 0.3 is 0 Å². The standard InChI is InChI=1S/C14H17ClN2S/c1-2-6-16-9-13-10-18-14(17-13)8-11-4-3-5-12(15)7-11/h3-5,7,10,16H,2,6,8-9H2,1H3. The van der Waals surface area contributed by atoms with Crippen LogP contribution in [0.25, 0.3) is 0 Å². The van der Waals surface area contributed by atoms with Crippen molar-refractivity contribution in [2.45, 2.75) is 26.3 Å². The molecule has 0 unspecified atom stereocenters. The predicted octanol–water partition coefficient (Wildman–Crippen LogP) is 3.89. The minimum atomic E-state index is 0.786. The Morgan fingerprint density at radius 1 is 1.39 bits per heavy atom. The SMILES string of the molecule is CCCNCc1csc(Cc2cccc(Cl)c2)n1. The highest BCUT2D eigenvalue weighted by molar-refractivity contribution is 7.09. The molecule has 0 bridgehead atoms. The topological polar surface area (TPSA) is 24.9 Å². The first kappa shape index (κ1) is 13.5. The predicted molar refractivity (Wildman–Crippen MR) is 78.4 cm³/mol. The van der Waals surface area contributed by atoms with Crippen molar-refractivity contribution in [2.75, 3.05) is 6.54 Å². The Labute approximate surface area is 117 Å². The maximum atomic E-state index is 5.97. The maximum Gasteiger partial charge on any atom is 0.0972 e. The molecule has 2 rings (SSSR count). The van der Waals surface area contributed by atoms with E-state index in [9.17, 15) is 0 Å². The second-order valence-electron chi connectivity index (χ2n) is 4.22. The van der Waals surface area contributed by atoms with Gasteiger partial charge in [0, 0.05) is 23.4 Å². The Balaban J connectivity index is 1.94. The Hall–Kier alpha value is -0.900. The van der Waals surface area contributed by atoms with Crippen molar-refractivity contribution in [3.63, 3.8) is 0 Å². The quantitative estimate of drug-likeness (QED) is 0.812. The molecular weight excluding hydrogens is 264 g/mol. The Bertz CT molecular complexity index is 496.